The van der Waals surface area contributed by atoms with E-state index in [0.717, 1.165) is 51.2 Å². The summed E-state index contributed by atoms with van der Waals surface area (Å²) in [6, 6.07) is 11.3. The minimum Gasteiger partial charge on any atom is -0.493 e. The van der Waals surface area contributed by atoms with E-state index in [1.165, 1.54) is 43.0 Å². The van der Waals surface area contributed by atoms with E-state index in [-0.39, 0.29) is 35.2 Å². The van der Waals surface area contributed by atoms with E-state index in [4.69, 9.17) is 14.1 Å². The molecule has 11 rings (SSSR count). The fourth-order valence-electron chi connectivity index (χ4n) is 8.76. The molecule has 0 radical (unpaired) electrons. The van der Waals surface area contributed by atoms with Crippen molar-refractivity contribution < 1.29 is 22.7 Å². The highest BCUT2D eigenvalue weighted by molar-refractivity contribution is 7.22. The second kappa shape index (κ2) is 11.0. The van der Waals surface area contributed by atoms with Gasteiger partial charge in [0, 0.05) is 22.5 Å². The molecule has 0 unspecified atom stereocenters. The van der Waals surface area contributed by atoms with Gasteiger partial charge < -0.3 is 19.4 Å². The summed E-state index contributed by atoms with van der Waals surface area (Å²) in [6.07, 6.45) is 5.55. The molecule has 11 nitrogen and oxygen atoms in total. The van der Waals surface area contributed by atoms with Crippen LogP contribution in [0.15, 0.2) is 58.0 Å². The van der Waals surface area contributed by atoms with Crippen LogP contribution in [0.2, 0.25) is 0 Å². The van der Waals surface area contributed by atoms with E-state index in [2.05, 4.69) is 25.5 Å². The smallest absolute Gasteiger partial charge is 0.434 e. The van der Waals surface area contributed by atoms with E-state index in [1.54, 1.807) is 18.2 Å². The number of hydrogen-bond acceptors (Lipinski definition) is 10. The van der Waals surface area contributed by atoms with Gasteiger partial charge in [-0.15, -0.1) is 16.4 Å². The minimum atomic E-state index is -0.727. The van der Waals surface area contributed by atoms with Crippen molar-refractivity contribution in [3.05, 3.63) is 105 Å². The molecule has 2 aromatic carbocycles. The summed E-state index contributed by atoms with van der Waals surface area (Å²) in [5.41, 5.74) is 5.86. The van der Waals surface area contributed by atoms with Crippen LogP contribution < -0.4 is 15.8 Å². The maximum absolute atomic E-state index is 14.5. The molecule has 1 atom stereocenters. The molecule has 2 aliphatic carbocycles. The van der Waals surface area contributed by atoms with E-state index < -0.39 is 11.3 Å². The predicted octanol–water partition coefficient (Wildman–Crippen LogP) is 6.34. The fraction of sp³-hybridized carbons (Fsp3) is 0.297. The van der Waals surface area contributed by atoms with Crippen molar-refractivity contribution in [2.45, 2.75) is 50.1 Å². The van der Waals surface area contributed by atoms with Gasteiger partial charge in [0.05, 0.1) is 51.4 Å². The van der Waals surface area contributed by atoms with Crippen LogP contribution in [0.4, 0.5) is 14.6 Å². The first kappa shape index (κ1) is 30.3. The first-order chi connectivity index (χ1) is 24.8. The normalized spacial score (nSPS) is 21.2. The number of carbonyl (C=O) groups is 1. The number of aromatic amines is 1. The van der Waals surface area contributed by atoms with E-state index in [0.29, 0.717) is 65.4 Å². The maximum Gasteiger partial charge on any atom is 0.434 e. The summed E-state index contributed by atoms with van der Waals surface area (Å²) >= 11 is 1.43. The lowest BCUT2D eigenvalue weighted by Crippen LogP contribution is -2.40. The molecule has 2 N–H and O–H groups in total. The number of aryl methyl sites for hydroxylation is 2. The average Bonchev–Trinajstić information content (AvgIpc) is 3.96. The molecule has 1 spiro atoms. The number of hydrogen-bond donors (Lipinski definition) is 2. The average molecular weight is 706 g/mol. The number of anilines is 1. The summed E-state index contributed by atoms with van der Waals surface area (Å²) in [5, 5.41) is 10.2. The molecule has 4 aromatic heterocycles. The highest BCUT2D eigenvalue weighted by Gasteiger charge is 2.65. The lowest BCUT2D eigenvalue weighted by atomic mass is 9.71. The Morgan fingerprint density at radius 1 is 1.08 bits per heavy atom. The topological polar surface area (TPSA) is 139 Å². The number of aromatic nitrogens is 5. The molecule has 3 fully saturated rings. The molecule has 1 saturated carbocycles. The summed E-state index contributed by atoms with van der Waals surface area (Å²) in [6.45, 7) is 0.676. The van der Waals surface area contributed by atoms with Gasteiger partial charge in [-0.3, -0.25) is 9.78 Å². The lowest BCUT2D eigenvalue weighted by molar-refractivity contribution is 0.0637. The van der Waals surface area contributed by atoms with Gasteiger partial charge in [-0.05, 0) is 79.8 Å². The number of pyridine rings is 1. The third-order valence-electron chi connectivity index (χ3n) is 11.0. The van der Waals surface area contributed by atoms with Crippen LogP contribution in [0.1, 0.15) is 63.7 Å². The summed E-state index contributed by atoms with van der Waals surface area (Å²) in [4.78, 5) is 43.9. The molecule has 256 valence electrons. The zero-order chi connectivity index (χ0) is 34.6. The van der Waals surface area contributed by atoms with Crippen molar-refractivity contribution in [3.63, 3.8) is 0 Å². The van der Waals surface area contributed by atoms with Crippen LogP contribution in [0.3, 0.4) is 0 Å². The molecule has 3 aliphatic heterocycles. The first-order valence-electron chi connectivity index (χ1n) is 16.9. The summed E-state index contributed by atoms with van der Waals surface area (Å²) < 4.78 is 40.0. The molecule has 2 saturated heterocycles. The van der Waals surface area contributed by atoms with Crippen LogP contribution >= 0.6 is 11.3 Å². The Balaban J connectivity index is 1.14. The maximum atomic E-state index is 14.5. The van der Waals surface area contributed by atoms with Gasteiger partial charge in [-0.2, -0.15) is 0 Å². The van der Waals surface area contributed by atoms with Crippen molar-refractivity contribution in [1.29, 1.82) is 0 Å². The molecule has 6 aromatic rings. The number of benzene rings is 2. The Labute approximate surface area is 292 Å². The van der Waals surface area contributed by atoms with Gasteiger partial charge >= 0.3 is 5.76 Å². The zero-order valence-electron chi connectivity index (χ0n) is 27.3. The van der Waals surface area contributed by atoms with Crippen LogP contribution in [-0.2, 0) is 24.8 Å². The van der Waals surface area contributed by atoms with Crippen molar-refractivity contribution in [2.75, 3.05) is 19.0 Å². The molecule has 7 heterocycles. The Hall–Kier alpha value is -5.50. The highest BCUT2D eigenvalue weighted by atomic mass is 32.1. The quantitative estimate of drug-likeness (QED) is 0.186. The third kappa shape index (κ3) is 4.44. The molecule has 5 aliphatic rings. The van der Waals surface area contributed by atoms with Crippen LogP contribution in [0, 0.1) is 17.6 Å². The Morgan fingerprint density at radius 2 is 1.92 bits per heavy atom. The van der Waals surface area contributed by atoms with Gasteiger partial charge in [-0.1, -0.05) is 18.2 Å². The summed E-state index contributed by atoms with van der Waals surface area (Å²) in [7, 11) is 1.48. The van der Waals surface area contributed by atoms with E-state index in [1.807, 2.05) is 11.0 Å². The van der Waals surface area contributed by atoms with Crippen molar-refractivity contribution in [2.24, 2.45) is 5.92 Å². The number of thiophene rings is 1. The molecule has 51 heavy (non-hydrogen) atoms. The number of halogens is 2. The molecular weight excluding hydrogens is 677 g/mol. The third-order valence-corrected chi connectivity index (χ3v) is 12.1. The first-order valence-corrected chi connectivity index (χ1v) is 17.7. The minimum absolute atomic E-state index is 0.0360. The van der Waals surface area contributed by atoms with Crippen molar-refractivity contribution >= 4 is 33.3 Å². The number of rotatable bonds is 8. The monoisotopic (exact) mass is 705 g/mol. The SMILES string of the molecule is COc1c(F)ccc2c1CC[C@H]2Nc1ncnc2cc(-c3c4c(nc(CCc5ccc(F)cc5)c3-c3n[nH]c(=O)o3)C35CC(CN3C4=O)C5)sc12. The number of nitrogens with zero attached hydrogens (tertiary/aromatic N) is 5. The van der Waals surface area contributed by atoms with Gasteiger partial charge in [0.25, 0.3) is 11.8 Å². The standard InChI is InChI=1S/C37H29F2N7O4S/c1-49-30-21-8-11-23(20(21)7-9-22(30)39)43-33-31-25(40-16-41-33)12-26(51-31)28-27(34-44-45-36(48)50-34)24(10-4-17-2-5-19(38)6-3-17)42-32-29(28)35(47)46-15-18-13-37(32,46)14-18/h2-3,5-7,9,12,16,18,23H,4,8,10-11,13-15H2,1H3,(H,45,48)(H,40,41,43)/t18?,23-,37?/m1/s1. The number of methoxy groups -OCH3 is 1. The zero-order valence-corrected chi connectivity index (χ0v) is 28.1. The second-order valence-electron chi connectivity index (χ2n) is 13.7. The van der Waals surface area contributed by atoms with Gasteiger partial charge in [-0.25, -0.2) is 28.6 Å². The van der Waals surface area contributed by atoms with Crippen molar-refractivity contribution in [1.82, 2.24) is 30.0 Å². The number of amides is 1. The molecule has 1 amide bonds. The Bertz CT molecular complexity index is 2490. The largest absolute Gasteiger partial charge is 0.493 e. The molecule has 14 heteroatoms. The number of fused-ring (bicyclic) bond motifs is 3. The second-order valence-corrected chi connectivity index (χ2v) is 14.8. The number of ether oxygens (including phenoxy) is 1. The summed E-state index contributed by atoms with van der Waals surface area (Å²) in [5.74, 6) is -0.163. The van der Waals surface area contributed by atoms with Crippen LogP contribution in [0.25, 0.3) is 32.1 Å². The van der Waals surface area contributed by atoms with Gasteiger partial charge in [0.15, 0.2) is 11.6 Å². The van der Waals surface area contributed by atoms with Gasteiger partial charge in [0.2, 0.25) is 0 Å². The van der Waals surface area contributed by atoms with Gasteiger partial charge in [0.1, 0.15) is 18.0 Å². The predicted molar refractivity (Wildman–Crippen MR) is 184 cm³/mol. The fourth-order valence-corrected chi connectivity index (χ4v) is 9.88. The van der Waals surface area contributed by atoms with Crippen LogP contribution in [-0.4, -0.2) is 49.6 Å². The number of nitrogens with one attached hydrogen (secondary N) is 2. The highest BCUT2D eigenvalue weighted by Crippen LogP contribution is 2.63. The van der Waals surface area contributed by atoms with E-state index >= 15 is 0 Å². The van der Waals surface area contributed by atoms with E-state index in [9.17, 15) is 18.4 Å². The Morgan fingerprint density at radius 3 is 2.71 bits per heavy atom. The number of H-pyrrole nitrogens is 1. The Kier molecular flexibility index (Phi) is 6.54. The lowest BCUT2D eigenvalue weighted by Gasteiger charge is -2.37. The van der Waals surface area contributed by atoms with Crippen LogP contribution in [0.5, 0.6) is 5.75 Å². The molecular formula is C37H29F2N7O4S. The van der Waals surface area contributed by atoms with Crippen molar-refractivity contribution in [3.8, 4) is 27.6 Å². The number of carbonyl (C=O) groups excluding carboxylic acids is 1. The molecule has 2 bridgehead atoms.